The van der Waals surface area contributed by atoms with Crippen LogP contribution in [0.4, 0.5) is 0 Å². The van der Waals surface area contributed by atoms with Crippen LogP contribution in [0.15, 0.2) is 42.5 Å². The van der Waals surface area contributed by atoms with Crippen LogP contribution in [-0.4, -0.2) is 63.4 Å². The van der Waals surface area contributed by atoms with E-state index in [4.69, 9.17) is 9.47 Å². The number of benzene rings is 1. The highest BCUT2D eigenvalue weighted by atomic mass is 16.5. The Balaban J connectivity index is 1.53. The maximum atomic E-state index is 12.8. The van der Waals surface area contributed by atoms with Gasteiger partial charge in [-0.1, -0.05) is 30.4 Å². The van der Waals surface area contributed by atoms with E-state index in [9.17, 15) is 4.79 Å². The smallest absolute Gasteiger partial charge is 0.260 e. The first kappa shape index (κ1) is 18.9. The quantitative estimate of drug-likeness (QED) is 0.709. The number of nitrogens with one attached hydrogen (secondary N) is 1. The summed E-state index contributed by atoms with van der Waals surface area (Å²) in [6.07, 6.45) is 7.88. The van der Waals surface area contributed by atoms with Crippen molar-refractivity contribution in [2.24, 2.45) is 5.92 Å². The SMILES string of the molecule is O=C(COc1ccccc1)N(CC[NH+]1CCOCC1)C[C@@H]1CC=CCC1. The minimum absolute atomic E-state index is 0.0936. The second-order valence-electron chi connectivity index (χ2n) is 7.20. The van der Waals surface area contributed by atoms with Gasteiger partial charge in [0, 0.05) is 6.54 Å². The Morgan fingerprint density at radius 1 is 1.19 bits per heavy atom. The summed E-state index contributed by atoms with van der Waals surface area (Å²) in [6.45, 7) is 6.47. The van der Waals surface area contributed by atoms with E-state index in [0.717, 1.165) is 64.5 Å². The fourth-order valence-electron chi connectivity index (χ4n) is 3.61. The van der Waals surface area contributed by atoms with E-state index in [1.165, 1.54) is 11.3 Å². The molecule has 1 aromatic carbocycles. The van der Waals surface area contributed by atoms with Gasteiger partial charge in [0.2, 0.25) is 0 Å². The van der Waals surface area contributed by atoms with Crippen molar-refractivity contribution in [3.63, 3.8) is 0 Å². The third kappa shape index (κ3) is 6.15. The highest BCUT2D eigenvalue weighted by Crippen LogP contribution is 2.19. The summed E-state index contributed by atoms with van der Waals surface area (Å²) in [5.41, 5.74) is 0. The normalized spacial score (nSPS) is 20.7. The lowest BCUT2D eigenvalue weighted by Gasteiger charge is -2.30. The predicted molar refractivity (Wildman–Crippen MR) is 101 cm³/mol. The van der Waals surface area contributed by atoms with Gasteiger partial charge in [0.15, 0.2) is 6.61 Å². The summed E-state index contributed by atoms with van der Waals surface area (Å²) < 4.78 is 11.1. The number of nitrogens with zero attached hydrogens (tertiary/aromatic N) is 1. The van der Waals surface area contributed by atoms with Gasteiger partial charge in [-0.15, -0.1) is 0 Å². The van der Waals surface area contributed by atoms with E-state index in [2.05, 4.69) is 12.2 Å². The van der Waals surface area contributed by atoms with E-state index in [1.807, 2.05) is 35.2 Å². The second kappa shape index (κ2) is 10.3. The van der Waals surface area contributed by atoms with Crippen molar-refractivity contribution < 1.29 is 19.2 Å². The molecule has 1 amide bonds. The van der Waals surface area contributed by atoms with Crippen molar-refractivity contribution >= 4 is 5.91 Å². The second-order valence-corrected chi connectivity index (χ2v) is 7.20. The van der Waals surface area contributed by atoms with Crippen molar-refractivity contribution in [2.45, 2.75) is 19.3 Å². The monoisotopic (exact) mass is 359 g/mol. The number of rotatable bonds is 8. The van der Waals surface area contributed by atoms with Gasteiger partial charge in [0.05, 0.1) is 26.3 Å². The standard InChI is InChI=1S/C21H30N2O3/c24-21(18-26-20-9-5-2-6-10-20)23(17-19-7-3-1-4-8-19)12-11-22-13-15-25-16-14-22/h1-3,5-6,9-10,19H,4,7-8,11-18H2/p+1/t19-/m1/s1. The molecule has 0 aromatic heterocycles. The van der Waals surface area contributed by atoms with E-state index in [0.29, 0.717) is 5.92 Å². The number of hydrogen-bond donors (Lipinski definition) is 1. The number of carbonyl (C=O) groups excluding carboxylic acids is 1. The maximum absolute atomic E-state index is 12.8. The lowest BCUT2D eigenvalue weighted by atomic mass is 9.94. The zero-order valence-corrected chi connectivity index (χ0v) is 15.6. The lowest BCUT2D eigenvalue weighted by molar-refractivity contribution is -0.907. The molecule has 2 aliphatic rings. The maximum Gasteiger partial charge on any atom is 0.260 e. The number of hydrogen-bond acceptors (Lipinski definition) is 3. The molecule has 1 fully saturated rings. The predicted octanol–water partition coefficient (Wildman–Crippen LogP) is 1.17. The van der Waals surface area contributed by atoms with Gasteiger partial charge in [-0.05, 0) is 37.3 Å². The highest BCUT2D eigenvalue weighted by Gasteiger charge is 2.22. The molecule has 0 radical (unpaired) electrons. The number of ether oxygens (including phenoxy) is 2. The van der Waals surface area contributed by atoms with E-state index < -0.39 is 0 Å². The van der Waals surface area contributed by atoms with E-state index in [-0.39, 0.29) is 12.5 Å². The molecule has 1 saturated heterocycles. The molecule has 5 nitrogen and oxygen atoms in total. The molecule has 5 heteroatoms. The average Bonchev–Trinajstić information content (AvgIpc) is 2.71. The summed E-state index contributed by atoms with van der Waals surface area (Å²) in [5.74, 6) is 1.41. The number of allylic oxidation sites excluding steroid dienone is 2. The first-order valence-electron chi connectivity index (χ1n) is 9.83. The van der Waals surface area contributed by atoms with Gasteiger partial charge < -0.3 is 19.3 Å². The molecule has 1 aromatic rings. The van der Waals surface area contributed by atoms with Crippen molar-refractivity contribution in [3.8, 4) is 5.75 Å². The van der Waals surface area contributed by atoms with Gasteiger partial charge in [-0.3, -0.25) is 4.79 Å². The van der Waals surface area contributed by atoms with Crippen LogP contribution >= 0.6 is 0 Å². The van der Waals surface area contributed by atoms with Crippen molar-refractivity contribution in [1.29, 1.82) is 0 Å². The van der Waals surface area contributed by atoms with Gasteiger partial charge in [0.1, 0.15) is 18.8 Å². The molecule has 1 aliphatic heterocycles. The Bertz CT molecular complexity index is 570. The summed E-state index contributed by atoms with van der Waals surface area (Å²) in [6, 6.07) is 9.58. The summed E-state index contributed by atoms with van der Waals surface area (Å²) in [7, 11) is 0. The molecule has 1 aliphatic carbocycles. The molecule has 0 unspecified atom stereocenters. The minimum atomic E-state index is 0.0936. The number of carbonyl (C=O) groups is 1. The molecule has 1 N–H and O–H groups in total. The first-order chi connectivity index (χ1) is 12.8. The van der Waals surface area contributed by atoms with Crippen LogP contribution < -0.4 is 9.64 Å². The first-order valence-corrected chi connectivity index (χ1v) is 9.83. The van der Waals surface area contributed by atoms with Crippen LogP contribution in [-0.2, 0) is 9.53 Å². The Kier molecular flexibility index (Phi) is 7.52. The van der Waals surface area contributed by atoms with Crippen LogP contribution in [0.3, 0.4) is 0 Å². The molecule has 0 spiro atoms. The summed E-state index contributed by atoms with van der Waals surface area (Å²) in [5, 5.41) is 0. The third-order valence-electron chi connectivity index (χ3n) is 5.25. The molecule has 0 bridgehead atoms. The zero-order chi connectivity index (χ0) is 18.0. The molecule has 1 heterocycles. The molecule has 26 heavy (non-hydrogen) atoms. The molecular weight excluding hydrogens is 328 g/mol. The Hall–Kier alpha value is -1.85. The van der Waals surface area contributed by atoms with Crippen LogP contribution in [0.1, 0.15) is 19.3 Å². The molecular formula is C21H31N2O3+. The van der Waals surface area contributed by atoms with Crippen LogP contribution in [0, 0.1) is 5.92 Å². The van der Waals surface area contributed by atoms with Crippen LogP contribution in [0.25, 0.3) is 0 Å². The van der Waals surface area contributed by atoms with Gasteiger partial charge in [-0.2, -0.15) is 0 Å². The van der Waals surface area contributed by atoms with E-state index in [1.54, 1.807) is 0 Å². The average molecular weight is 359 g/mol. The summed E-state index contributed by atoms with van der Waals surface area (Å²) in [4.78, 5) is 16.4. The molecule has 0 saturated carbocycles. The van der Waals surface area contributed by atoms with Gasteiger partial charge in [-0.25, -0.2) is 0 Å². The molecule has 142 valence electrons. The number of morpholine rings is 1. The third-order valence-corrected chi connectivity index (χ3v) is 5.25. The molecule has 3 rings (SSSR count). The fraction of sp³-hybridized carbons (Fsp3) is 0.571. The van der Waals surface area contributed by atoms with Crippen molar-refractivity contribution in [3.05, 3.63) is 42.5 Å². The Morgan fingerprint density at radius 3 is 2.73 bits per heavy atom. The van der Waals surface area contributed by atoms with Crippen molar-refractivity contribution in [2.75, 3.05) is 52.5 Å². The van der Waals surface area contributed by atoms with Crippen LogP contribution in [0.5, 0.6) is 5.75 Å². The number of amides is 1. The van der Waals surface area contributed by atoms with Crippen molar-refractivity contribution in [1.82, 2.24) is 4.90 Å². The fourth-order valence-corrected chi connectivity index (χ4v) is 3.61. The van der Waals surface area contributed by atoms with Gasteiger partial charge in [0.25, 0.3) is 5.91 Å². The highest BCUT2D eigenvalue weighted by molar-refractivity contribution is 5.77. The number of para-hydroxylation sites is 1. The Morgan fingerprint density at radius 2 is 2.00 bits per heavy atom. The zero-order valence-electron chi connectivity index (χ0n) is 15.6. The topological polar surface area (TPSA) is 43.2 Å². The number of quaternary nitrogens is 1. The molecule has 1 atom stereocenters. The minimum Gasteiger partial charge on any atom is -0.484 e. The van der Waals surface area contributed by atoms with E-state index >= 15 is 0 Å². The van der Waals surface area contributed by atoms with Gasteiger partial charge >= 0.3 is 0 Å². The largest absolute Gasteiger partial charge is 0.484 e. The Labute approximate surface area is 156 Å². The summed E-state index contributed by atoms with van der Waals surface area (Å²) >= 11 is 0. The lowest BCUT2D eigenvalue weighted by Crippen LogP contribution is -3.14. The van der Waals surface area contributed by atoms with Crippen LogP contribution in [0.2, 0.25) is 0 Å².